The van der Waals surface area contributed by atoms with Gasteiger partial charge in [0.25, 0.3) is 0 Å². The molecule has 2 saturated carbocycles. The van der Waals surface area contributed by atoms with Crippen LogP contribution in [0.2, 0.25) is 0 Å². The Bertz CT molecular complexity index is 1790. The maximum Gasteiger partial charge on any atom is 0.235 e. The first-order valence-corrected chi connectivity index (χ1v) is 15.1. The van der Waals surface area contributed by atoms with Crippen LogP contribution in [0.1, 0.15) is 33.5 Å². The van der Waals surface area contributed by atoms with E-state index >= 15 is 0 Å². The molecule has 6 rings (SSSR count). The summed E-state index contributed by atoms with van der Waals surface area (Å²) in [7, 11) is 3.09. The fraction of sp³-hybridized carbons (Fsp3) is 0.343. The lowest BCUT2D eigenvalue weighted by Gasteiger charge is -2.52. The number of carbonyl (C=O) groups excluding carboxylic acids is 5. The first kappa shape index (κ1) is 31.4. The zero-order valence-corrected chi connectivity index (χ0v) is 25.3. The normalized spacial score (nSPS) is 27.3. The number of likely N-dealkylation sites (N-methyl/N-ethyl adjacent to an activating group) is 1. The second kappa shape index (κ2) is 11.7. The monoisotopic (exact) mass is 627 g/mol. The van der Waals surface area contributed by atoms with Gasteiger partial charge in [0, 0.05) is 19.0 Å². The molecule has 0 spiro atoms. The summed E-state index contributed by atoms with van der Waals surface area (Å²) in [6.45, 7) is 1.01. The van der Waals surface area contributed by atoms with Gasteiger partial charge in [-0.2, -0.15) is 0 Å². The van der Waals surface area contributed by atoms with Crippen molar-refractivity contribution in [1.29, 1.82) is 0 Å². The van der Waals surface area contributed by atoms with Crippen LogP contribution in [0, 0.1) is 29.5 Å². The highest BCUT2D eigenvalue weighted by Crippen LogP contribution is 2.51. The summed E-state index contributed by atoms with van der Waals surface area (Å²) >= 11 is 0. The van der Waals surface area contributed by atoms with E-state index in [0.29, 0.717) is 24.2 Å². The van der Waals surface area contributed by atoms with Gasteiger partial charge in [0.1, 0.15) is 11.6 Å². The topological polar surface area (TPSA) is 167 Å². The molecule has 5 N–H and O–H groups in total. The van der Waals surface area contributed by atoms with Crippen LogP contribution in [-0.4, -0.2) is 69.9 Å². The Balaban J connectivity index is 1.31. The van der Waals surface area contributed by atoms with Crippen molar-refractivity contribution in [3.8, 4) is 16.9 Å². The number of Topliss-reactive ketones (excluding diaryl/α,β-unsaturated/α-hetero) is 4. The predicted molar refractivity (Wildman–Crippen MR) is 164 cm³/mol. The second-order valence-electron chi connectivity index (χ2n) is 12.7. The summed E-state index contributed by atoms with van der Waals surface area (Å²) < 4.78 is 13.5. The van der Waals surface area contributed by atoms with E-state index in [0.717, 1.165) is 16.7 Å². The van der Waals surface area contributed by atoms with E-state index < -0.39 is 64.4 Å². The molecular formula is C35H34FN3O7. The zero-order valence-electron chi connectivity index (χ0n) is 25.3. The number of carbonyl (C=O) groups is 5. The Hall–Kier alpha value is -4.58. The smallest absolute Gasteiger partial charge is 0.235 e. The van der Waals surface area contributed by atoms with Crippen LogP contribution in [0.15, 0.2) is 60.7 Å². The minimum Gasteiger partial charge on any atom is -0.507 e. The second-order valence-corrected chi connectivity index (χ2v) is 12.7. The molecule has 238 valence electrons. The number of halogens is 1. The Kier molecular flexibility index (Phi) is 7.95. The number of nitrogens with zero attached hydrogens (tertiary/aromatic N) is 1. The molecule has 0 radical (unpaired) electrons. The number of hydrogen-bond acceptors (Lipinski definition) is 9. The number of aromatic hydroxyl groups is 1. The number of fused-ring (bicyclic) bond motifs is 3. The summed E-state index contributed by atoms with van der Waals surface area (Å²) in [6, 6.07) is 15.9. The predicted octanol–water partition coefficient (Wildman–Crippen LogP) is 1.96. The molecule has 46 heavy (non-hydrogen) atoms. The van der Waals surface area contributed by atoms with E-state index in [1.807, 2.05) is 30.3 Å². The lowest BCUT2D eigenvalue weighted by Crippen LogP contribution is -2.74. The number of phenols is 1. The molecule has 6 atom stereocenters. The van der Waals surface area contributed by atoms with E-state index in [-0.39, 0.29) is 30.0 Å². The van der Waals surface area contributed by atoms with Gasteiger partial charge < -0.3 is 21.3 Å². The number of ketones is 4. The van der Waals surface area contributed by atoms with Gasteiger partial charge in [-0.3, -0.25) is 28.9 Å². The fourth-order valence-corrected chi connectivity index (χ4v) is 7.68. The molecule has 11 heteroatoms. The average Bonchev–Trinajstić information content (AvgIpc) is 2.99. The lowest BCUT2D eigenvalue weighted by molar-refractivity contribution is -0.181. The summed E-state index contributed by atoms with van der Waals surface area (Å²) in [5.41, 5.74) is 6.34. The zero-order chi connectivity index (χ0) is 33.1. The Morgan fingerprint density at radius 1 is 1.00 bits per heavy atom. The number of amides is 1. The molecule has 0 aliphatic heterocycles. The maximum atomic E-state index is 14.0. The molecule has 3 aliphatic rings. The van der Waals surface area contributed by atoms with Crippen LogP contribution in [0.3, 0.4) is 0 Å². The van der Waals surface area contributed by atoms with Crippen molar-refractivity contribution in [3.63, 3.8) is 0 Å². The van der Waals surface area contributed by atoms with Gasteiger partial charge in [-0.05, 0) is 78.9 Å². The molecule has 2 fully saturated rings. The van der Waals surface area contributed by atoms with Crippen molar-refractivity contribution in [2.24, 2.45) is 29.4 Å². The van der Waals surface area contributed by atoms with Gasteiger partial charge in [-0.25, -0.2) is 4.39 Å². The molecule has 3 aromatic rings. The molecule has 10 nitrogen and oxygen atoms in total. The third-order valence-electron chi connectivity index (χ3n) is 9.76. The van der Waals surface area contributed by atoms with Crippen LogP contribution in [0.25, 0.3) is 11.1 Å². The SMILES string of the molecule is CN(C)[C@H]1C(=O)C(C(N)=O)C(=O)[C@@]2(O)C(=O)C3C(=O)c4c(O)ccc(-c5ccc(CNCc6cccc(F)c6)cc5)c4C[C@H]3C[C@@H]12. The van der Waals surface area contributed by atoms with Gasteiger partial charge >= 0.3 is 0 Å². The van der Waals surface area contributed by atoms with Gasteiger partial charge in [0.15, 0.2) is 34.7 Å². The largest absolute Gasteiger partial charge is 0.507 e. The van der Waals surface area contributed by atoms with Crippen molar-refractivity contribution in [1.82, 2.24) is 10.2 Å². The Morgan fingerprint density at radius 3 is 2.35 bits per heavy atom. The summed E-state index contributed by atoms with van der Waals surface area (Å²) in [5.74, 6) is -11.1. The average molecular weight is 628 g/mol. The molecule has 0 bridgehead atoms. The van der Waals surface area contributed by atoms with E-state index in [1.54, 1.807) is 26.2 Å². The van der Waals surface area contributed by atoms with Crippen molar-refractivity contribution in [2.45, 2.75) is 37.6 Å². The molecular weight excluding hydrogens is 593 g/mol. The number of rotatable bonds is 7. The first-order valence-electron chi connectivity index (χ1n) is 15.1. The van der Waals surface area contributed by atoms with Gasteiger partial charge in [-0.1, -0.05) is 42.5 Å². The first-order chi connectivity index (χ1) is 21.8. The third-order valence-corrected chi connectivity index (χ3v) is 9.76. The minimum absolute atomic E-state index is 0.0189. The number of aliphatic hydroxyl groups is 1. The summed E-state index contributed by atoms with van der Waals surface area (Å²) in [6.07, 6.45) is 0.154. The number of phenolic OH excluding ortho intramolecular Hbond substituents is 1. The van der Waals surface area contributed by atoms with E-state index in [4.69, 9.17) is 5.73 Å². The number of nitrogens with two attached hydrogens (primary N) is 1. The minimum atomic E-state index is -2.76. The lowest BCUT2D eigenvalue weighted by atomic mass is 9.52. The molecule has 2 unspecified atom stereocenters. The standard InChI is InChI=1S/C35H34FN3O7/c1-39(2)29-24-14-20-13-23-22(19-8-6-17(7-9-19)15-38-16-18-4-3-5-21(36)12-18)10-11-25(40)27(23)30(41)26(20)32(43)35(24,46)33(44)28(31(29)42)34(37)45/h3-12,20,24,26,28-29,38,40,46H,13-16H2,1-2H3,(H2,37,45)/t20-,24-,26?,28?,29+,35-/m0/s1. The Morgan fingerprint density at radius 2 is 1.70 bits per heavy atom. The van der Waals surface area contributed by atoms with Crippen molar-refractivity contribution in [3.05, 3.63) is 88.7 Å². The van der Waals surface area contributed by atoms with E-state index in [2.05, 4.69) is 5.32 Å². The van der Waals surface area contributed by atoms with E-state index in [1.165, 1.54) is 23.1 Å². The maximum absolute atomic E-state index is 14.0. The van der Waals surface area contributed by atoms with Crippen molar-refractivity contribution >= 4 is 29.0 Å². The van der Waals surface area contributed by atoms with Gasteiger partial charge in [0.05, 0.1) is 17.5 Å². The van der Waals surface area contributed by atoms with Crippen LogP contribution in [0.4, 0.5) is 4.39 Å². The number of nitrogens with one attached hydrogen (secondary N) is 1. The summed E-state index contributed by atoms with van der Waals surface area (Å²) in [4.78, 5) is 68.4. The fourth-order valence-electron chi connectivity index (χ4n) is 7.68. The molecule has 1 amide bonds. The number of primary amides is 1. The molecule has 0 saturated heterocycles. The third kappa shape index (κ3) is 4.95. The van der Waals surface area contributed by atoms with Crippen molar-refractivity contribution in [2.75, 3.05) is 14.1 Å². The van der Waals surface area contributed by atoms with Crippen LogP contribution >= 0.6 is 0 Å². The highest BCUT2D eigenvalue weighted by molar-refractivity contribution is 6.32. The number of hydrogen-bond donors (Lipinski definition) is 4. The molecule has 0 aromatic heterocycles. The van der Waals surface area contributed by atoms with Gasteiger partial charge in [0.2, 0.25) is 5.91 Å². The van der Waals surface area contributed by atoms with E-state index in [9.17, 15) is 38.6 Å². The molecule has 3 aliphatic carbocycles. The highest BCUT2D eigenvalue weighted by atomic mass is 19.1. The molecule has 0 heterocycles. The molecule has 3 aromatic carbocycles. The summed E-state index contributed by atoms with van der Waals surface area (Å²) in [5, 5.41) is 25.8. The highest BCUT2D eigenvalue weighted by Gasteiger charge is 2.69. The van der Waals surface area contributed by atoms with Crippen molar-refractivity contribution < 1.29 is 38.6 Å². The Labute approximate surface area is 264 Å². The van der Waals surface area contributed by atoms with Crippen LogP contribution in [0.5, 0.6) is 5.75 Å². The van der Waals surface area contributed by atoms with Crippen LogP contribution < -0.4 is 11.1 Å². The van der Waals surface area contributed by atoms with Gasteiger partial charge in [-0.15, -0.1) is 0 Å². The quantitative estimate of drug-likeness (QED) is 0.287. The number of benzene rings is 3. The van der Waals surface area contributed by atoms with Crippen LogP contribution in [-0.2, 0) is 38.7 Å².